The van der Waals surface area contributed by atoms with Crippen LogP contribution in [0.5, 0.6) is 17.2 Å². The molecule has 0 saturated carbocycles. The lowest BCUT2D eigenvalue weighted by molar-refractivity contribution is 0.0946. The standard InChI is InChI=1S/C26H22N2O4/c27-25(29)19-8-12-21(13-9-19)32-22-14-10-20(11-15-22)26(30)28-16-17-31-24-7-3-5-18-4-1-2-6-23(18)24/h1-15H,16-17H2,(H2,27,29)(H,28,30). The Morgan fingerprint density at radius 1 is 0.750 bits per heavy atom. The molecule has 0 heterocycles. The van der Waals surface area contributed by atoms with E-state index in [4.69, 9.17) is 15.2 Å². The summed E-state index contributed by atoms with van der Waals surface area (Å²) in [5, 5.41) is 5.01. The van der Waals surface area contributed by atoms with Crippen LogP contribution in [0, 0.1) is 0 Å². The lowest BCUT2D eigenvalue weighted by atomic mass is 10.1. The zero-order chi connectivity index (χ0) is 22.3. The molecule has 0 aliphatic carbocycles. The molecule has 160 valence electrons. The average molecular weight is 426 g/mol. The minimum Gasteiger partial charge on any atom is -0.491 e. The highest BCUT2D eigenvalue weighted by Gasteiger charge is 2.07. The molecule has 0 saturated heterocycles. The number of amides is 2. The lowest BCUT2D eigenvalue weighted by Crippen LogP contribution is -2.28. The SMILES string of the molecule is NC(=O)c1ccc(Oc2ccc(C(=O)NCCOc3cccc4ccccc34)cc2)cc1. The van der Waals surface area contributed by atoms with Gasteiger partial charge in [-0.2, -0.15) is 0 Å². The van der Waals surface area contributed by atoms with Gasteiger partial charge in [-0.3, -0.25) is 9.59 Å². The number of ether oxygens (including phenoxy) is 2. The minimum atomic E-state index is -0.491. The predicted octanol–water partition coefficient (Wildman–Crippen LogP) is 4.54. The van der Waals surface area contributed by atoms with Crippen LogP contribution < -0.4 is 20.5 Å². The van der Waals surface area contributed by atoms with E-state index in [9.17, 15) is 9.59 Å². The molecule has 0 unspecified atom stereocenters. The molecule has 0 aliphatic rings. The second-order valence-corrected chi connectivity index (χ2v) is 7.10. The molecule has 0 fully saturated rings. The van der Waals surface area contributed by atoms with Crippen molar-refractivity contribution in [1.82, 2.24) is 5.32 Å². The summed E-state index contributed by atoms with van der Waals surface area (Å²) in [6.07, 6.45) is 0. The number of hydrogen-bond donors (Lipinski definition) is 2. The van der Waals surface area contributed by atoms with Gasteiger partial charge in [0.2, 0.25) is 5.91 Å². The van der Waals surface area contributed by atoms with Crippen LogP contribution in [0.1, 0.15) is 20.7 Å². The van der Waals surface area contributed by atoms with E-state index in [1.807, 2.05) is 42.5 Å². The number of carbonyl (C=O) groups excluding carboxylic acids is 2. The molecule has 6 heteroatoms. The van der Waals surface area contributed by atoms with E-state index in [2.05, 4.69) is 5.32 Å². The Morgan fingerprint density at radius 2 is 1.38 bits per heavy atom. The van der Waals surface area contributed by atoms with Gasteiger partial charge in [0.1, 0.15) is 23.9 Å². The molecule has 0 aliphatic heterocycles. The Bertz CT molecular complexity index is 1230. The number of primary amides is 1. The second-order valence-electron chi connectivity index (χ2n) is 7.10. The first kappa shape index (κ1) is 20.9. The summed E-state index contributed by atoms with van der Waals surface area (Å²) in [7, 11) is 0. The molecule has 3 N–H and O–H groups in total. The molecule has 32 heavy (non-hydrogen) atoms. The van der Waals surface area contributed by atoms with Crippen LogP contribution in [0.25, 0.3) is 10.8 Å². The van der Waals surface area contributed by atoms with Crippen LogP contribution in [0.2, 0.25) is 0 Å². The molecule has 2 amide bonds. The zero-order valence-corrected chi connectivity index (χ0v) is 17.3. The summed E-state index contributed by atoms with van der Waals surface area (Å²) in [6.45, 7) is 0.745. The number of benzene rings is 4. The number of nitrogens with one attached hydrogen (secondary N) is 1. The Hall–Kier alpha value is -4.32. The molecule has 0 aromatic heterocycles. The monoisotopic (exact) mass is 426 g/mol. The maximum absolute atomic E-state index is 12.4. The van der Waals surface area contributed by atoms with Crippen molar-refractivity contribution >= 4 is 22.6 Å². The summed E-state index contributed by atoms with van der Waals surface area (Å²) in [4.78, 5) is 23.5. The molecule has 0 radical (unpaired) electrons. The van der Waals surface area contributed by atoms with Crippen LogP contribution in [-0.2, 0) is 0 Å². The third-order valence-corrected chi connectivity index (χ3v) is 4.89. The highest BCUT2D eigenvalue weighted by molar-refractivity contribution is 5.94. The minimum absolute atomic E-state index is 0.191. The number of fused-ring (bicyclic) bond motifs is 1. The van der Waals surface area contributed by atoms with Crippen molar-refractivity contribution in [3.63, 3.8) is 0 Å². The van der Waals surface area contributed by atoms with Crippen LogP contribution in [0.4, 0.5) is 0 Å². The van der Waals surface area contributed by atoms with E-state index < -0.39 is 5.91 Å². The Labute approximate surface area is 185 Å². The molecule has 4 aromatic carbocycles. The molecule has 4 rings (SSSR count). The van der Waals surface area contributed by atoms with Crippen LogP contribution in [-0.4, -0.2) is 25.0 Å². The van der Waals surface area contributed by atoms with Crippen LogP contribution in [0.15, 0.2) is 91.0 Å². The van der Waals surface area contributed by atoms with Crippen molar-refractivity contribution in [3.8, 4) is 17.2 Å². The number of carbonyl (C=O) groups is 2. The fourth-order valence-electron chi connectivity index (χ4n) is 3.25. The Balaban J connectivity index is 1.28. The summed E-state index contributed by atoms with van der Waals surface area (Å²) in [5.74, 6) is 1.26. The van der Waals surface area contributed by atoms with E-state index in [1.54, 1.807) is 48.5 Å². The summed E-state index contributed by atoms with van der Waals surface area (Å²) in [6, 6.07) is 27.2. The number of rotatable bonds is 8. The van der Waals surface area contributed by atoms with Gasteiger partial charge in [0.05, 0.1) is 6.54 Å². The molecular formula is C26H22N2O4. The molecule has 0 spiro atoms. The van der Waals surface area contributed by atoms with E-state index in [0.717, 1.165) is 16.5 Å². The highest BCUT2D eigenvalue weighted by atomic mass is 16.5. The maximum atomic E-state index is 12.4. The Morgan fingerprint density at radius 3 is 2.06 bits per heavy atom. The topological polar surface area (TPSA) is 90.7 Å². The van der Waals surface area contributed by atoms with Crippen LogP contribution >= 0.6 is 0 Å². The summed E-state index contributed by atoms with van der Waals surface area (Å²) >= 11 is 0. The highest BCUT2D eigenvalue weighted by Crippen LogP contribution is 2.25. The summed E-state index contributed by atoms with van der Waals surface area (Å²) < 4.78 is 11.6. The number of nitrogens with two attached hydrogens (primary N) is 1. The molecule has 4 aromatic rings. The maximum Gasteiger partial charge on any atom is 0.251 e. The van der Waals surface area contributed by atoms with Gasteiger partial charge in [-0.25, -0.2) is 0 Å². The molecular weight excluding hydrogens is 404 g/mol. The van der Waals surface area contributed by atoms with Gasteiger partial charge >= 0.3 is 0 Å². The first-order chi connectivity index (χ1) is 15.6. The van der Waals surface area contributed by atoms with Gasteiger partial charge < -0.3 is 20.5 Å². The van der Waals surface area contributed by atoms with E-state index in [1.165, 1.54) is 0 Å². The van der Waals surface area contributed by atoms with Gasteiger partial charge in [-0.1, -0.05) is 36.4 Å². The van der Waals surface area contributed by atoms with Gasteiger partial charge in [-0.15, -0.1) is 0 Å². The van der Waals surface area contributed by atoms with Crippen molar-refractivity contribution in [2.45, 2.75) is 0 Å². The van der Waals surface area contributed by atoms with Crippen LogP contribution in [0.3, 0.4) is 0 Å². The fourth-order valence-corrected chi connectivity index (χ4v) is 3.25. The third-order valence-electron chi connectivity index (χ3n) is 4.89. The van der Waals surface area contributed by atoms with Gasteiger partial charge in [0.15, 0.2) is 0 Å². The summed E-state index contributed by atoms with van der Waals surface area (Å²) in [5.41, 5.74) is 6.16. The van der Waals surface area contributed by atoms with Gasteiger partial charge in [0, 0.05) is 16.5 Å². The largest absolute Gasteiger partial charge is 0.491 e. The van der Waals surface area contributed by atoms with Crippen molar-refractivity contribution in [1.29, 1.82) is 0 Å². The van der Waals surface area contributed by atoms with Crippen molar-refractivity contribution in [2.24, 2.45) is 5.73 Å². The Kier molecular flexibility index (Phi) is 6.32. The lowest BCUT2D eigenvalue weighted by Gasteiger charge is -2.11. The third kappa shape index (κ3) is 5.05. The smallest absolute Gasteiger partial charge is 0.251 e. The average Bonchev–Trinajstić information content (AvgIpc) is 2.82. The quantitative estimate of drug-likeness (QED) is 0.405. The van der Waals surface area contributed by atoms with E-state index in [-0.39, 0.29) is 5.91 Å². The normalized spacial score (nSPS) is 10.5. The zero-order valence-electron chi connectivity index (χ0n) is 17.3. The van der Waals surface area contributed by atoms with E-state index in [0.29, 0.717) is 35.8 Å². The van der Waals surface area contributed by atoms with Crippen molar-refractivity contribution in [3.05, 3.63) is 102 Å². The van der Waals surface area contributed by atoms with Gasteiger partial charge in [-0.05, 0) is 60.0 Å². The predicted molar refractivity (Wildman–Crippen MR) is 123 cm³/mol. The first-order valence-corrected chi connectivity index (χ1v) is 10.2. The second kappa shape index (κ2) is 9.66. The van der Waals surface area contributed by atoms with Gasteiger partial charge in [0.25, 0.3) is 5.91 Å². The number of hydrogen-bond acceptors (Lipinski definition) is 4. The first-order valence-electron chi connectivity index (χ1n) is 10.2. The van der Waals surface area contributed by atoms with E-state index >= 15 is 0 Å². The van der Waals surface area contributed by atoms with Crippen molar-refractivity contribution < 1.29 is 19.1 Å². The molecule has 0 atom stereocenters. The molecule has 0 bridgehead atoms. The van der Waals surface area contributed by atoms with Crippen molar-refractivity contribution in [2.75, 3.05) is 13.2 Å². The fraction of sp³-hybridized carbons (Fsp3) is 0.0769. The molecule has 6 nitrogen and oxygen atoms in total.